The number of aromatic nitrogens is 1. The monoisotopic (exact) mass is 355 g/mol. The molecule has 3 rings (SSSR count). The van der Waals surface area contributed by atoms with Gasteiger partial charge in [0.2, 0.25) is 0 Å². The lowest BCUT2D eigenvalue weighted by Crippen LogP contribution is -2.25. The number of rotatable bonds is 4. The van der Waals surface area contributed by atoms with E-state index in [0.717, 1.165) is 7.11 Å². The molecule has 1 heterocycles. The number of benzene rings is 2. The van der Waals surface area contributed by atoms with Crippen LogP contribution in [0.2, 0.25) is 0 Å². The van der Waals surface area contributed by atoms with Crippen molar-refractivity contribution < 1.29 is 24.1 Å². The minimum absolute atomic E-state index is 0.333. The summed E-state index contributed by atoms with van der Waals surface area (Å²) in [5.74, 6) is 0.209. The number of ether oxygens (including phenoxy) is 3. The Bertz CT molecular complexity index is 1050. The molecule has 3 aromatic rings. The highest BCUT2D eigenvalue weighted by Crippen LogP contribution is 2.34. The second-order valence-corrected chi connectivity index (χ2v) is 5.51. The van der Waals surface area contributed by atoms with E-state index in [9.17, 15) is 14.7 Å². The van der Waals surface area contributed by atoms with Gasteiger partial charge in [0.1, 0.15) is 11.5 Å². The smallest absolute Gasteiger partial charge is 0.347 e. The highest BCUT2D eigenvalue weighted by molar-refractivity contribution is 5.99. The van der Waals surface area contributed by atoms with Crippen LogP contribution >= 0.6 is 0 Å². The largest absolute Gasteiger partial charge is 0.506 e. The zero-order valence-corrected chi connectivity index (χ0v) is 14.5. The van der Waals surface area contributed by atoms with Crippen LogP contribution in [0.25, 0.3) is 10.9 Å². The molecule has 0 aliphatic rings. The third-order valence-electron chi connectivity index (χ3n) is 4.03. The van der Waals surface area contributed by atoms with Gasteiger partial charge in [0.05, 0.1) is 19.7 Å². The van der Waals surface area contributed by atoms with Gasteiger partial charge in [-0.3, -0.25) is 4.79 Å². The quantitative estimate of drug-likeness (QED) is 0.724. The van der Waals surface area contributed by atoms with Crippen LogP contribution in [-0.4, -0.2) is 29.9 Å². The lowest BCUT2D eigenvalue weighted by molar-refractivity contribution is 0.0595. The van der Waals surface area contributed by atoms with Crippen molar-refractivity contribution in [3.05, 3.63) is 58.4 Å². The molecule has 0 fully saturated rings. The van der Waals surface area contributed by atoms with Crippen molar-refractivity contribution in [2.75, 3.05) is 14.2 Å². The number of para-hydroxylation sites is 2. The van der Waals surface area contributed by atoms with Gasteiger partial charge in [0, 0.05) is 18.5 Å². The van der Waals surface area contributed by atoms with Crippen molar-refractivity contribution in [3.63, 3.8) is 0 Å². The first-order valence-corrected chi connectivity index (χ1v) is 7.72. The van der Waals surface area contributed by atoms with Crippen molar-refractivity contribution in [3.8, 4) is 23.0 Å². The molecule has 2 aromatic carbocycles. The zero-order chi connectivity index (χ0) is 18.8. The summed E-state index contributed by atoms with van der Waals surface area (Å²) in [5, 5.41) is 10.7. The normalized spacial score (nSPS) is 10.6. The van der Waals surface area contributed by atoms with Gasteiger partial charge in [-0.15, -0.1) is 0 Å². The number of pyridine rings is 1. The first-order chi connectivity index (χ1) is 12.5. The number of hydrogen-bond donors (Lipinski definition) is 1. The van der Waals surface area contributed by atoms with Crippen LogP contribution in [0.1, 0.15) is 10.4 Å². The van der Waals surface area contributed by atoms with E-state index in [4.69, 9.17) is 9.47 Å². The summed E-state index contributed by atoms with van der Waals surface area (Å²) < 4.78 is 16.9. The highest BCUT2D eigenvalue weighted by atomic mass is 16.5. The lowest BCUT2D eigenvalue weighted by atomic mass is 10.1. The second kappa shape index (κ2) is 6.79. The lowest BCUT2D eigenvalue weighted by Gasteiger charge is -2.13. The second-order valence-electron chi connectivity index (χ2n) is 5.51. The Morgan fingerprint density at radius 1 is 1.08 bits per heavy atom. The predicted molar refractivity (Wildman–Crippen MR) is 95.3 cm³/mol. The Hall–Kier alpha value is -3.48. The molecule has 0 aliphatic carbocycles. The first-order valence-electron chi connectivity index (χ1n) is 7.72. The number of carbonyl (C=O) groups is 1. The van der Waals surface area contributed by atoms with Crippen LogP contribution in [0.3, 0.4) is 0 Å². The van der Waals surface area contributed by atoms with Crippen LogP contribution in [0.4, 0.5) is 0 Å². The molecular weight excluding hydrogens is 338 g/mol. The standard InChI is InChI=1S/C19H17NO6/c1-20-13-10-11(26-15-7-5-4-6-14(15)24-2)8-9-12(13)17(21)16(18(20)22)19(23)25-3/h4-10,21H,1-3H3. The summed E-state index contributed by atoms with van der Waals surface area (Å²) in [4.78, 5) is 24.2. The van der Waals surface area contributed by atoms with E-state index >= 15 is 0 Å². The summed E-state index contributed by atoms with van der Waals surface area (Å²) in [5.41, 5.74) is -0.648. The van der Waals surface area contributed by atoms with E-state index in [2.05, 4.69) is 4.74 Å². The zero-order valence-electron chi connectivity index (χ0n) is 14.5. The summed E-state index contributed by atoms with van der Waals surface area (Å²) in [6.07, 6.45) is 0. The maximum atomic E-state index is 12.4. The molecule has 0 aliphatic heterocycles. The Kier molecular flexibility index (Phi) is 4.53. The van der Waals surface area contributed by atoms with Gasteiger partial charge in [0.25, 0.3) is 5.56 Å². The number of fused-ring (bicyclic) bond motifs is 1. The van der Waals surface area contributed by atoms with E-state index in [1.54, 1.807) is 37.4 Å². The third-order valence-corrected chi connectivity index (χ3v) is 4.03. The molecule has 1 N–H and O–H groups in total. The topological polar surface area (TPSA) is 87.0 Å². The highest BCUT2D eigenvalue weighted by Gasteiger charge is 2.22. The van der Waals surface area contributed by atoms with Crippen LogP contribution in [0, 0.1) is 0 Å². The fourth-order valence-corrected chi connectivity index (χ4v) is 2.68. The maximum absolute atomic E-state index is 12.4. The van der Waals surface area contributed by atoms with Crippen LogP contribution in [0.15, 0.2) is 47.3 Å². The molecule has 0 spiro atoms. The molecule has 7 nitrogen and oxygen atoms in total. The number of nitrogens with zero attached hydrogens (tertiary/aromatic N) is 1. The SMILES string of the molecule is COC(=O)c1c(O)c2ccc(Oc3ccccc3OC)cc2n(C)c1=O. The average Bonchev–Trinajstić information content (AvgIpc) is 2.66. The molecule has 134 valence electrons. The summed E-state index contributed by atoms with van der Waals surface area (Å²) >= 11 is 0. The summed E-state index contributed by atoms with van der Waals surface area (Å²) in [7, 11) is 4.19. The molecule has 0 amide bonds. The summed E-state index contributed by atoms with van der Waals surface area (Å²) in [6.45, 7) is 0. The molecule has 7 heteroatoms. The average molecular weight is 355 g/mol. The third kappa shape index (κ3) is 2.83. The van der Waals surface area contributed by atoms with Gasteiger partial charge in [-0.1, -0.05) is 12.1 Å². The van der Waals surface area contributed by atoms with E-state index in [1.165, 1.54) is 11.6 Å². The van der Waals surface area contributed by atoms with Crippen molar-refractivity contribution >= 4 is 16.9 Å². The number of aryl methyl sites for hydroxylation is 1. The Balaban J connectivity index is 2.14. The Morgan fingerprint density at radius 2 is 1.77 bits per heavy atom. The van der Waals surface area contributed by atoms with Gasteiger partial charge in [0.15, 0.2) is 17.1 Å². The van der Waals surface area contributed by atoms with Crippen molar-refractivity contribution in [1.29, 1.82) is 0 Å². The van der Waals surface area contributed by atoms with Gasteiger partial charge >= 0.3 is 5.97 Å². The van der Waals surface area contributed by atoms with Gasteiger partial charge in [-0.05, 0) is 24.3 Å². The number of methoxy groups -OCH3 is 2. The molecule has 26 heavy (non-hydrogen) atoms. The van der Waals surface area contributed by atoms with Crippen molar-refractivity contribution in [2.45, 2.75) is 0 Å². The minimum Gasteiger partial charge on any atom is -0.506 e. The molecule has 0 atom stereocenters. The fourth-order valence-electron chi connectivity index (χ4n) is 2.68. The maximum Gasteiger partial charge on any atom is 0.347 e. The molecule has 0 bridgehead atoms. The number of esters is 1. The van der Waals surface area contributed by atoms with E-state index in [1.807, 2.05) is 12.1 Å². The predicted octanol–water partition coefficient (Wildman–Crippen LogP) is 2.83. The van der Waals surface area contributed by atoms with E-state index < -0.39 is 22.8 Å². The number of carbonyl (C=O) groups excluding carboxylic acids is 1. The fraction of sp³-hybridized carbons (Fsp3) is 0.158. The number of hydrogen-bond acceptors (Lipinski definition) is 6. The molecule has 0 saturated carbocycles. The van der Waals surface area contributed by atoms with Crippen molar-refractivity contribution in [1.82, 2.24) is 4.57 Å². The molecular formula is C19H17NO6. The molecule has 0 radical (unpaired) electrons. The summed E-state index contributed by atoms with van der Waals surface area (Å²) in [6, 6.07) is 11.9. The van der Waals surface area contributed by atoms with E-state index in [0.29, 0.717) is 28.2 Å². The van der Waals surface area contributed by atoms with Crippen LogP contribution in [0.5, 0.6) is 23.0 Å². The molecule has 1 aromatic heterocycles. The Morgan fingerprint density at radius 3 is 2.42 bits per heavy atom. The minimum atomic E-state index is -0.889. The van der Waals surface area contributed by atoms with Gasteiger partial charge < -0.3 is 23.9 Å². The molecule has 0 unspecified atom stereocenters. The van der Waals surface area contributed by atoms with Crippen molar-refractivity contribution in [2.24, 2.45) is 7.05 Å². The first kappa shape index (κ1) is 17.3. The van der Waals surface area contributed by atoms with Gasteiger partial charge in [-0.2, -0.15) is 0 Å². The van der Waals surface area contributed by atoms with Gasteiger partial charge in [-0.25, -0.2) is 4.79 Å². The molecule has 0 saturated heterocycles. The van der Waals surface area contributed by atoms with E-state index in [-0.39, 0.29) is 0 Å². The Labute approximate surface area is 149 Å². The number of aromatic hydroxyl groups is 1. The van der Waals surface area contributed by atoms with Crippen LogP contribution < -0.4 is 15.0 Å². The van der Waals surface area contributed by atoms with Crippen LogP contribution in [-0.2, 0) is 11.8 Å².